The number of ether oxygens (including phenoxy) is 1. The Balaban J connectivity index is 1.98. The molecule has 1 aliphatic rings. The molecule has 0 bridgehead atoms. The molecule has 6 heteroatoms. The number of hydrogen-bond donors (Lipinski definition) is 0. The second kappa shape index (κ2) is 7.62. The number of carbonyl (C=O) groups is 1. The number of halogens is 1. The molecule has 1 saturated heterocycles. The zero-order valence-corrected chi connectivity index (χ0v) is 16.4. The number of ketones is 1. The molecule has 144 valence electrons. The van der Waals surface area contributed by atoms with Gasteiger partial charge < -0.3 is 9.64 Å². The number of benzene rings is 1. The minimum Gasteiger partial charge on any atom is -0.451 e. The third-order valence-corrected chi connectivity index (χ3v) is 5.73. The van der Waals surface area contributed by atoms with Crippen molar-refractivity contribution in [2.24, 2.45) is 5.41 Å². The van der Waals surface area contributed by atoms with E-state index >= 15 is 0 Å². The minimum absolute atomic E-state index is 0.210. The Kier molecular flexibility index (Phi) is 5.44. The van der Waals surface area contributed by atoms with Gasteiger partial charge in [-0.3, -0.25) is 4.79 Å². The summed E-state index contributed by atoms with van der Waals surface area (Å²) in [4.78, 5) is 22.9. The topological polar surface area (TPSA) is 55.3 Å². The van der Waals surface area contributed by atoms with Crippen LogP contribution in [0.4, 0.5) is 10.2 Å². The average molecular weight is 371 g/mol. The summed E-state index contributed by atoms with van der Waals surface area (Å²) < 4.78 is 19.7. The summed E-state index contributed by atoms with van der Waals surface area (Å²) in [5.41, 5.74) is 1.18. The van der Waals surface area contributed by atoms with E-state index in [2.05, 4.69) is 28.7 Å². The van der Waals surface area contributed by atoms with Crippen LogP contribution in [-0.4, -0.2) is 28.8 Å². The van der Waals surface area contributed by atoms with Crippen LogP contribution in [0.1, 0.15) is 56.1 Å². The Morgan fingerprint density at radius 1 is 1.30 bits per heavy atom. The second-order valence-corrected chi connectivity index (χ2v) is 7.29. The van der Waals surface area contributed by atoms with Gasteiger partial charge in [0.25, 0.3) is 0 Å². The number of aromatic nitrogens is 2. The maximum Gasteiger partial charge on any atom is 0.191 e. The van der Waals surface area contributed by atoms with E-state index in [4.69, 9.17) is 4.74 Å². The van der Waals surface area contributed by atoms with E-state index in [1.54, 1.807) is 0 Å². The molecule has 1 aromatic carbocycles. The predicted octanol–water partition coefficient (Wildman–Crippen LogP) is 4.94. The summed E-state index contributed by atoms with van der Waals surface area (Å²) in [7, 11) is 0. The quantitative estimate of drug-likeness (QED) is 0.674. The maximum atomic E-state index is 13.6. The molecule has 5 nitrogen and oxygen atoms in total. The summed E-state index contributed by atoms with van der Waals surface area (Å²) in [5, 5.41) is 0. The fourth-order valence-corrected chi connectivity index (χ4v) is 3.71. The van der Waals surface area contributed by atoms with E-state index in [1.165, 1.54) is 31.5 Å². The van der Waals surface area contributed by atoms with Crippen LogP contribution in [0, 0.1) is 18.2 Å². The molecule has 0 aliphatic carbocycles. The first-order valence-electron chi connectivity index (χ1n) is 9.44. The van der Waals surface area contributed by atoms with Crippen molar-refractivity contribution >= 4 is 11.6 Å². The van der Waals surface area contributed by atoms with Crippen molar-refractivity contribution in [3.63, 3.8) is 0 Å². The van der Waals surface area contributed by atoms with Crippen molar-refractivity contribution < 1.29 is 13.9 Å². The van der Waals surface area contributed by atoms with E-state index in [1.807, 2.05) is 6.92 Å². The van der Waals surface area contributed by atoms with E-state index in [0.717, 1.165) is 38.2 Å². The lowest BCUT2D eigenvalue weighted by Gasteiger charge is -2.27. The normalized spacial score (nSPS) is 15.8. The van der Waals surface area contributed by atoms with Gasteiger partial charge in [0.15, 0.2) is 17.4 Å². The Hall–Kier alpha value is -2.50. The molecule has 0 spiro atoms. The van der Waals surface area contributed by atoms with Crippen molar-refractivity contribution in [2.75, 3.05) is 18.0 Å². The minimum atomic E-state index is -0.468. The summed E-state index contributed by atoms with van der Waals surface area (Å²) in [6.07, 6.45) is 4.88. The van der Waals surface area contributed by atoms with E-state index in [-0.39, 0.29) is 16.8 Å². The summed E-state index contributed by atoms with van der Waals surface area (Å²) in [6, 6.07) is 3.97. The van der Waals surface area contributed by atoms with Gasteiger partial charge in [0.05, 0.1) is 11.3 Å². The number of anilines is 1. The lowest BCUT2D eigenvalue weighted by atomic mass is 9.82. The molecule has 1 aliphatic heterocycles. The fraction of sp³-hybridized carbons (Fsp3) is 0.476. The molecule has 3 rings (SSSR count). The number of carbonyl (C=O) groups excluding carboxylic acids is 1. The number of nitrogens with zero attached hydrogens (tertiary/aromatic N) is 3. The van der Waals surface area contributed by atoms with Gasteiger partial charge in [0.1, 0.15) is 17.9 Å². The van der Waals surface area contributed by atoms with Crippen molar-refractivity contribution in [3.05, 3.63) is 41.6 Å². The smallest absolute Gasteiger partial charge is 0.191 e. The monoisotopic (exact) mass is 371 g/mol. The lowest BCUT2D eigenvalue weighted by molar-refractivity contribution is 0.101. The molecule has 0 amide bonds. The first-order valence-corrected chi connectivity index (χ1v) is 9.44. The molecule has 2 aromatic rings. The van der Waals surface area contributed by atoms with Gasteiger partial charge in [-0.1, -0.05) is 13.8 Å². The Morgan fingerprint density at radius 3 is 2.67 bits per heavy atom. The molecule has 0 N–H and O–H groups in total. The highest BCUT2D eigenvalue weighted by atomic mass is 19.1. The SMILES string of the molecule is CCC1(CC)CCN(c2ncnc(C)c2Oc2ccc(F)cc2C(C)=O)C1. The van der Waals surface area contributed by atoms with E-state index < -0.39 is 5.82 Å². The Bertz CT molecular complexity index is 849. The molecule has 0 radical (unpaired) electrons. The second-order valence-electron chi connectivity index (χ2n) is 7.29. The van der Waals surface area contributed by atoms with Crippen LogP contribution in [0.25, 0.3) is 0 Å². The summed E-state index contributed by atoms with van der Waals surface area (Å²) in [5.74, 6) is 0.848. The number of Topliss-reactive ketones (excluding diaryl/α,β-unsaturated/α-hetero) is 1. The van der Waals surface area contributed by atoms with Crippen molar-refractivity contribution in [1.82, 2.24) is 9.97 Å². The first kappa shape index (κ1) is 19.3. The van der Waals surface area contributed by atoms with Crippen LogP contribution in [0.15, 0.2) is 24.5 Å². The Labute approximate surface area is 159 Å². The van der Waals surface area contributed by atoms with Crippen molar-refractivity contribution in [2.45, 2.75) is 47.0 Å². The molecule has 1 fully saturated rings. The summed E-state index contributed by atoms with van der Waals surface area (Å²) >= 11 is 0. The predicted molar refractivity (Wildman–Crippen MR) is 103 cm³/mol. The van der Waals surface area contributed by atoms with Crippen molar-refractivity contribution in [3.8, 4) is 11.5 Å². The number of aryl methyl sites for hydroxylation is 1. The van der Waals surface area contributed by atoms with Crippen LogP contribution in [0.3, 0.4) is 0 Å². The van der Waals surface area contributed by atoms with Gasteiger partial charge in [-0.15, -0.1) is 0 Å². The van der Waals surface area contributed by atoms with Gasteiger partial charge >= 0.3 is 0 Å². The van der Waals surface area contributed by atoms with Gasteiger partial charge in [-0.25, -0.2) is 14.4 Å². The zero-order chi connectivity index (χ0) is 19.6. The highest BCUT2D eigenvalue weighted by molar-refractivity contribution is 5.97. The zero-order valence-electron chi connectivity index (χ0n) is 16.4. The third kappa shape index (κ3) is 3.80. The average Bonchev–Trinajstić information content (AvgIpc) is 3.09. The highest BCUT2D eigenvalue weighted by Crippen LogP contribution is 2.42. The maximum absolute atomic E-state index is 13.6. The number of hydrogen-bond acceptors (Lipinski definition) is 5. The third-order valence-electron chi connectivity index (χ3n) is 5.73. The molecule has 0 atom stereocenters. The van der Waals surface area contributed by atoms with Gasteiger partial charge in [-0.05, 0) is 56.7 Å². The molecule has 2 heterocycles. The first-order chi connectivity index (χ1) is 12.9. The van der Waals surface area contributed by atoms with Crippen LogP contribution in [0.5, 0.6) is 11.5 Å². The van der Waals surface area contributed by atoms with Crippen LogP contribution in [-0.2, 0) is 0 Å². The molecular weight excluding hydrogens is 345 g/mol. The molecular formula is C21H26FN3O2. The largest absolute Gasteiger partial charge is 0.451 e. The Morgan fingerprint density at radius 2 is 2.04 bits per heavy atom. The molecule has 27 heavy (non-hydrogen) atoms. The van der Waals surface area contributed by atoms with Gasteiger partial charge in [0, 0.05) is 13.1 Å². The number of rotatable bonds is 6. The molecule has 1 aromatic heterocycles. The molecule has 0 unspecified atom stereocenters. The van der Waals surface area contributed by atoms with E-state index in [9.17, 15) is 9.18 Å². The van der Waals surface area contributed by atoms with Crippen molar-refractivity contribution in [1.29, 1.82) is 0 Å². The summed E-state index contributed by atoms with van der Waals surface area (Å²) in [6.45, 7) is 9.52. The van der Waals surface area contributed by atoms with Gasteiger partial charge in [0.2, 0.25) is 0 Å². The van der Waals surface area contributed by atoms with Gasteiger partial charge in [-0.2, -0.15) is 0 Å². The van der Waals surface area contributed by atoms with E-state index in [0.29, 0.717) is 17.2 Å². The van der Waals surface area contributed by atoms with Crippen LogP contribution >= 0.6 is 0 Å². The fourth-order valence-electron chi connectivity index (χ4n) is 3.71. The lowest BCUT2D eigenvalue weighted by Crippen LogP contribution is -2.27. The highest BCUT2D eigenvalue weighted by Gasteiger charge is 2.37. The van der Waals surface area contributed by atoms with Crippen LogP contribution in [0.2, 0.25) is 0 Å². The molecule has 0 saturated carbocycles. The standard InChI is InChI=1S/C21H26FN3O2/c1-5-21(6-2)9-10-25(12-21)20-19(14(3)23-13-24-20)27-18-8-7-16(22)11-17(18)15(4)26/h7-8,11,13H,5-6,9-10,12H2,1-4H3. The van der Waals surface area contributed by atoms with Crippen LogP contribution < -0.4 is 9.64 Å².